The van der Waals surface area contributed by atoms with Gasteiger partial charge in [0, 0.05) is 7.77 Å². The fourth-order valence-corrected chi connectivity index (χ4v) is 1.000. The van der Waals surface area contributed by atoms with E-state index in [2.05, 4.69) is 0 Å². The quantitative estimate of drug-likeness (QED) is 0.486. The second kappa shape index (κ2) is 2.21. The van der Waals surface area contributed by atoms with Gasteiger partial charge in [-0.3, -0.25) is 0 Å². The number of nitrogens with zero attached hydrogens (tertiary/aromatic N) is 1. The molecule has 1 saturated heterocycles. The molecule has 1 aliphatic heterocycles. The van der Waals surface area contributed by atoms with Gasteiger partial charge in [0.1, 0.15) is 0 Å². The van der Waals surface area contributed by atoms with E-state index < -0.39 is 12.3 Å². The second-order valence-electron chi connectivity index (χ2n) is 2.49. The lowest BCUT2D eigenvalue weighted by atomic mass is 10.1. The number of likely N-dealkylation sites (tertiary alicyclic amines) is 1. The summed E-state index contributed by atoms with van der Waals surface area (Å²) in [6.07, 6.45) is -0.910. The number of hydrogen-bond donors (Lipinski definition) is 0. The van der Waals surface area contributed by atoms with Gasteiger partial charge in [-0.2, -0.15) is 0 Å². The number of piperidine rings is 1. The second-order valence-corrected chi connectivity index (χ2v) is 2.49. The summed E-state index contributed by atoms with van der Waals surface area (Å²) in [7, 11) is 1.65. The topological polar surface area (TPSA) is 3.24 Å². The van der Waals surface area contributed by atoms with E-state index in [1.807, 2.05) is 0 Å². The molecule has 1 nitrogen and oxygen atoms in total. The molecule has 0 radical (unpaired) electrons. The van der Waals surface area contributed by atoms with Crippen LogP contribution in [0.4, 0.5) is 8.78 Å². The summed E-state index contributed by atoms with van der Waals surface area (Å²) in [6.45, 7) is 0.352. The molecule has 0 spiro atoms. The molecule has 1 atom stereocenters. The van der Waals surface area contributed by atoms with E-state index in [4.69, 9.17) is 1.37 Å². The summed E-state index contributed by atoms with van der Waals surface area (Å²) < 4.78 is 32.2. The summed E-state index contributed by atoms with van der Waals surface area (Å²) in [5.74, 6) is -2.80. The Balaban J connectivity index is 2.55. The number of halogens is 2. The van der Waals surface area contributed by atoms with Crippen LogP contribution in [-0.4, -0.2) is 31.0 Å². The van der Waals surface area contributed by atoms with Crippen molar-refractivity contribution in [2.24, 2.45) is 0 Å². The van der Waals surface area contributed by atoms with Gasteiger partial charge in [-0.15, -0.1) is 0 Å². The van der Waals surface area contributed by atoms with Crippen LogP contribution in [0.15, 0.2) is 0 Å². The summed E-state index contributed by atoms with van der Waals surface area (Å²) in [5, 5.41) is 0. The molecule has 1 aliphatic rings. The zero-order chi connectivity index (χ0) is 7.78. The van der Waals surface area contributed by atoms with Gasteiger partial charge in [0.15, 0.2) is 0 Å². The smallest absolute Gasteiger partial charge is 0.260 e. The number of rotatable bonds is 0. The zero-order valence-corrected chi connectivity index (χ0v) is 5.40. The predicted molar refractivity (Wildman–Crippen MR) is 31.7 cm³/mol. The number of hydrogen-bond acceptors (Lipinski definition) is 1. The first-order valence-corrected chi connectivity index (χ1v) is 3.01. The Bertz CT molecular complexity index is 129. The first-order valence-electron chi connectivity index (χ1n) is 3.59. The van der Waals surface area contributed by atoms with Crippen molar-refractivity contribution >= 4 is 0 Å². The first kappa shape index (κ1) is 5.59. The molecular formula is C6H11F2N. The van der Waals surface area contributed by atoms with Crippen molar-refractivity contribution < 1.29 is 10.2 Å². The Hall–Kier alpha value is -0.180. The van der Waals surface area contributed by atoms with E-state index in [9.17, 15) is 8.78 Å². The maximum absolute atomic E-state index is 12.6. The lowest BCUT2D eigenvalue weighted by molar-refractivity contribution is -0.0571. The van der Waals surface area contributed by atoms with Crippen molar-refractivity contribution in [1.82, 2.24) is 4.90 Å². The summed E-state index contributed by atoms with van der Waals surface area (Å²) in [4.78, 5) is 1.56. The molecule has 0 aliphatic carbocycles. The molecule has 0 aromatic carbocycles. The van der Waals surface area contributed by atoms with Crippen molar-refractivity contribution in [3.8, 4) is 0 Å². The van der Waals surface area contributed by atoms with Crippen molar-refractivity contribution in [2.45, 2.75) is 18.7 Å². The average molecular weight is 136 g/mol. The van der Waals surface area contributed by atoms with Crippen LogP contribution < -0.4 is 0 Å². The normalized spacial score (nSPS) is 38.1. The van der Waals surface area contributed by atoms with Gasteiger partial charge < -0.3 is 4.90 Å². The molecule has 0 aromatic rings. The monoisotopic (exact) mass is 136 g/mol. The highest BCUT2D eigenvalue weighted by atomic mass is 19.3. The number of alkyl halides is 2. The minimum absolute atomic E-state index is 0.263. The van der Waals surface area contributed by atoms with Crippen LogP contribution in [0.3, 0.4) is 0 Å². The first-order chi connectivity index (χ1) is 4.52. The van der Waals surface area contributed by atoms with Crippen molar-refractivity contribution in [2.75, 3.05) is 20.1 Å². The zero-order valence-electron chi connectivity index (χ0n) is 6.40. The maximum atomic E-state index is 12.6. The van der Waals surface area contributed by atoms with Crippen LogP contribution in [0.1, 0.15) is 14.2 Å². The fourth-order valence-electron chi connectivity index (χ4n) is 1.000. The highest BCUT2D eigenvalue weighted by molar-refractivity contribution is 4.75. The van der Waals surface area contributed by atoms with Crippen LogP contribution in [0.2, 0.25) is 0 Å². The van der Waals surface area contributed by atoms with E-state index in [0.717, 1.165) is 0 Å². The molecular weight excluding hydrogens is 124 g/mol. The highest BCUT2D eigenvalue weighted by Gasteiger charge is 2.33. The summed E-state index contributed by atoms with van der Waals surface area (Å²) >= 11 is 0. The van der Waals surface area contributed by atoms with E-state index in [1.165, 1.54) is 0 Å². The Morgan fingerprint density at radius 2 is 2.33 bits per heavy atom. The molecule has 3 heteroatoms. The Kier molecular flexibility index (Phi) is 1.38. The SMILES string of the molecule is [2H]C1CCN(C)CC1(F)F. The third-order valence-electron chi connectivity index (χ3n) is 1.43. The van der Waals surface area contributed by atoms with Gasteiger partial charge >= 0.3 is 0 Å². The molecule has 1 unspecified atom stereocenters. The van der Waals surface area contributed by atoms with Crippen LogP contribution in [0.25, 0.3) is 0 Å². The molecule has 9 heavy (non-hydrogen) atoms. The highest BCUT2D eigenvalue weighted by Crippen LogP contribution is 2.25. The summed E-state index contributed by atoms with van der Waals surface area (Å²) in [6, 6.07) is 0. The lowest BCUT2D eigenvalue weighted by Gasteiger charge is -2.28. The lowest BCUT2D eigenvalue weighted by Crippen LogP contribution is -2.39. The van der Waals surface area contributed by atoms with E-state index in [0.29, 0.717) is 6.54 Å². The van der Waals surface area contributed by atoms with E-state index in [-0.39, 0.29) is 13.0 Å². The van der Waals surface area contributed by atoms with Gasteiger partial charge in [-0.1, -0.05) is 0 Å². The van der Waals surface area contributed by atoms with Crippen molar-refractivity contribution in [3.63, 3.8) is 0 Å². The maximum Gasteiger partial charge on any atom is 0.260 e. The van der Waals surface area contributed by atoms with Crippen LogP contribution >= 0.6 is 0 Å². The molecule has 0 bridgehead atoms. The van der Waals surface area contributed by atoms with Crippen LogP contribution in [0.5, 0.6) is 0 Å². The van der Waals surface area contributed by atoms with Crippen molar-refractivity contribution in [1.29, 1.82) is 0 Å². The molecule has 1 rings (SSSR count). The van der Waals surface area contributed by atoms with Crippen LogP contribution in [-0.2, 0) is 0 Å². The van der Waals surface area contributed by atoms with Gasteiger partial charge in [-0.05, 0) is 20.0 Å². The Labute approximate surface area is 55.1 Å². The minimum atomic E-state index is -2.80. The molecule has 0 aromatic heterocycles. The van der Waals surface area contributed by atoms with Gasteiger partial charge in [-0.25, -0.2) is 8.78 Å². The van der Waals surface area contributed by atoms with E-state index in [1.54, 1.807) is 11.9 Å². The third kappa shape index (κ3) is 1.90. The van der Waals surface area contributed by atoms with Crippen molar-refractivity contribution in [3.05, 3.63) is 0 Å². The standard InChI is InChI=1S/C6H11F2N/c1-9-4-2-3-6(7,8)5-9/h2-5H2,1H3/i3D. The Morgan fingerprint density at radius 3 is 2.78 bits per heavy atom. The molecule has 1 heterocycles. The van der Waals surface area contributed by atoms with E-state index >= 15 is 0 Å². The molecule has 0 amide bonds. The molecule has 1 fully saturated rings. The predicted octanol–water partition coefficient (Wildman–Crippen LogP) is 1.35. The molecule has 0 saturated carbocycles. The fraction of sp³-hybridized carbons (Fsp3) is 1.00. The van der Waals surface area contributed by atoms with Gasteiger partial charge in [0.25, 0.3) is 5.92 Å². The third-order valence-corrected chi connectivity index (χ3v) is 1.43. The summed E-state index contributed by atoms with van der Waals surface area (Å²) in [5.41, 5.74) is 0. The molecule has 54 valence electrons. The molecule has 0 N–H and O–H groups in total. The largest absolute Gasteiger partial charge is 0.301 e. The van der Waals surface area contributed by atoms with Gasteiger partial charge in [0.2, 0.25) is 0 Å². The van der Waals surface area contributed by atoms with Gasteiger partial charge in [0.05, 0.1) is 6.54 Å². The minimum Gasteiger partial charge on any atom is -0.301 e. The van der Waals surface area contributed by atoms with Crippen LogP contribution in [0, 0.1) is 0 Å². The average Bonchev–Trinajstić information content (AvgIpc) is 1.78. The Morgan fingerprint density at radius 1 is 1.67 bits per heavy atom.